The van der Waals surface area contributed by atoms with Gasteiger partial charge in [0.2, 0.25) is 5.95 Å². The molecule has 0 saturated carbocycles. The van der Waals surface area contributed by atoms with Crippen LogP contribution in [0.3, 0.4) is 0 Å². The Bertz CT molecular complexity index is 523. The number of benzene rings is 1. The highest BCUT2D eigenvalue weighted by molar-refractivity contribution is 5.42. The van der Waals surface area contributed by atoms with Gasteiger partial charge in [0, 0.05) is 25.8 Å². The maximum atomic E-state index is 4.56. The molecule has 21 heavy (non-hydrogen) atoms. The lowest BCUT2D eigenvalue weighted by atomic mass is 10.1. The molecule has 0 spiro atoms. The molecule has 1 aromatic carbocycles. The Morgan fingerprint density at radius 2 is 1.81 bits per heavy atom. The predicted octanol–water partition coefficient (Wildman–Crippen LogP) is 3.37. The van der Waals surface area contributed by atoms with Gasteiger partial charge in [-0.05, 0) is 38.3 Å². The molecule has 0 aliphatic heterocycles. The fourth-order valence-corrected chi connectivity index (χ4v) is 2.30. The minimum absolute atomic E-state index is 0.715. The van der Waals surface area contributed by atoms with Gasteiger partial charge in [0.1, 0.15) is 5.82 Å². The number of aromatic nitrogens is 2. The highest BCUT2D eigenvalue weighted by Crippen LogP contribution is 2.11. The normalized spacial score (nSPS) is 10.4. The molecule has 0 atom stereocenters. The van der Waals surface area contributed by atoms with Crippen LogP contribution in [0.4, 0.5) is 11.8 Å². The summed E-state index contributed by atoms with van der Waals surface area (Å²) in [4.78, 5) is 11.1. The van der Waals surface area contributed by atoms with Crippen LogP contribution in [-0.4, -0.2) is 29.6 Å². The topological polar surface area (TPSA) is 41.1 Å². The second kappa shape index (κ2) is 8.25. The summed E-state index contributed by atoms with van der Waals surface area (Å²) in [6, 6.07) is 12.5. The van der Waals surface area contributed by atoms with E-state index in [4.69, 9.17) is 0 Å². The zero-order valence-corrected chi connectivity index (χ0v) is 12.9. The van der Waals surface area contributed by atoms with Crippen LogP contribution in [0.1, 0.15) is 25.8 Å². The van der Waals surface area contributed by atoms with Crippen LogP contribution in [0.25, 0.3) is 0 Å². The SMILES string of the molecule is CCN(CC)c1ccnc(NCCCc2ccccc2)n1. The molecular formula is C17H24N4. The molecule has 0 bridgehead atoms. The molecule has 0 unspecified atom stereocenters. The third-order valence-corrected chi connectivity index (χ3v) is 3.50. The number of aryl methyl sites for hydroxylation is 1. The van der Waals surface area contributed by atoms with Crippen molar-refractivity contribution in [3.63, 3.8) is 0 Å². The number of nitrogens with zero attached hydrogens (tertiary/aromatic N) is 3. The van der Waals surface area contributed by atoms with Crippen molar-refractivity contribution < 1.29 is 0 Å². The number of rotatable bonds is 8. The summed E-state index contributed by atoms with van der Waals surface area (Å²) < 4.78 is 0. The van der Waals surface area contributed by atoms with Gasteiger partial charge in [-0.1, -0.05) is 30.3 Å². The summed E-state index contributed by atoms with van der Waals surface area (Å²) in [6.45, 7) is 7.08. The zero-order valence-electron chi connectivity index (χ0n) is 12.9. The van der Waals surface area contributed by atoms with E-state index in [2.05, 4.69) is 58.3 Å². The van der Waals surface area contributed by atoms with E-state index >= 15 is 0 Å². The molecule has 1 heterocycles. The first-order valence-corrected chi connectivity index (χ1v) is 7.69. The lowest BCUT2D eigenvalue weighted by Gasteiger charge is -2.19. The average Bonchev–Trinajstić information content (AvgIpc) is 2.54. The molecule has 0 aliphatic rings. The number of anilines is 2. The summed E-state index contributed by atoms with van der Waals surface area (Å²) >= 11 is 0. The Labute approximate surface area is 127 Å². The van der Waals surface area contributed by atoms with Crippen LogP contribution < -0.4 is 10.2 Å². The fourth-order valence-electron chi connectivity index (χ4n) is 2.30. The molecule has 0 fully saturated rings. The Balaban J connectivity index is 1.82. The summed E-state index contributed by atoms with van der Waals surface area (Å²) in [7, 11) is 0. The first kappa shape index (κ1) is 15.3. The van der Waals surface area contributed by atoms with Crippen LogP contribution in [0.2, 0.25) is 0 Å². The van der Waals surface area contributed by atoms with Crippen molar-refractivity contribution in [3.05, 3.63) is 48.2 Å². The largest absolute Gasteiger partial charge is 0.357 e. The number of nitrogens with one attached hydrogen (secondary N) is 1. The molecule has 1 N–H and O–H groups in total. The summed E-state index contributed by atoms with van der Waals surface area (Å²) in [5, 5.41) is 3.31. The van der Waals surface area contributed by atoms with Gasteiger partial charge >= 0.3 is 0 Å². The predicted molar refractivity (Wildman–Crippen MR) is 88.8 cm³/mol. The second-order valence-corrected chi connectivity index (χ2v) is 4.93. The maximum absolute atomic E-state index is 4.56. The highest BCUT2D eigenvalue weighted by atomic mass is 15.2. The molecule has 2 aromatic rings. The van der Waals surface area contributed by atoms with Crippen LogP contribution in [0, 0.1) is 0 Å². The average molecular weight is 284 g/mol. The molecule has 0 saturated heterocycles. The van der Waals surface area contributed by atoms with Gasteiger partial charge in [-0.3, -0.25) is 0 Å². The molecule has 0 amide bonds. The van der Waals surface area contributed by atoms with Gasteiger partial charge < -0.3 is 10.2 Å². The zero-order chi connectivity index (χ0) is 14.9. The monoisotopic (exact) mass is 284 g/mol. The van der Waals surface area contributed by atoms with Gasteiger partial charge in [0.25, 0.3) is 0 Å². The quantitative estimate of drug-likeness (QED) is 0.755. The van der Waals surface area contributed by atoms with Gasteiger partial charge in [0.15, 0.2) is 0 Å². The number of hydrogen-bond acceptors (Lipinski definition) is 4. The Kier molecular flexibility index (Phi) is 6.00. The van der Waals surface area contributed by atoms with Gasteiger partial charge in [0.05, 0.1) is 0 Å². The van der Waals surface area contributed by atoms with Crippen LogP contribution in [0.5, 0.6) is 0 Å². The van der Waals surface area contributed by atoms with E-state index in [1.807, 2.05) is 18.3 Å². The van der Waals surface area contributed by atoms with E-state index in [0.29, 0.717) is 5.95 Å². The van der Waals surface area contributed by atoms with Crippen molar-refractivity contribution in [1.82, 2.24) is 9.97 Å². The van der Waals surface area contributed by atoms with Crippen molar-refractivity contribution >= 4 is 11.8 Å². The Morgan fingerprint density at radius 3 is 2.52 bits per heavy atom. The van der Waals surface area contributed by atoms with Crippen LogP contribution in [0.15, 0.2) is 42.6 Å². The Morgan fingerprint density at radius 1 is 1.05 bits per heavy atom. The molecular weight excluding hydrogens is 260 g/mol. The van der Waals surface area contributed by atoms with Crippen molar-refractivity contribution in [2.45, 2.75) is 26.7 Å². The minimum Gasteiger partial charge on any atom is -0.357 e. The molecule has 1 aromatic heterocycles. The van der Waals surface area contributed by atoms with Crippen molar-refractivity contribution in [1.29, 1.82) is 0 Å². The molecule has 0 radical (unpaired) electrons. The van der Waals surface area contributed by atoms with Gasteiger partial charge in [-0.25, -0.2) is 4.98 Å². The molecule has 2 rings (SSSR count). The van der Waals surface area contributed by atoms with Crippen molar-refractivity contribution in [3.8, 4) is 0 Å². The summed E-state index contributed by atoms with van der Waals surface area (Å²) in [6.07, 6.45) is 3.96. The lowest BCUT2D eigenvalue weighted by Crippen LogP contribution is -2.23. The van der Waals surface area contributed by atoms with Gasteiger partial charge in [-0.2, -0.15) is 4.98 Å². The van der Waals surface area contributed by atoms with E-state index in [1.165, 1.54) is 5.56 Å². The van der Waals surface area contributed by atoms with E-state index in [1.54, 1.807) is 0 Å². The number of hydrogen-bond donors (Lipinski definition) is 1. The molecule has 0 aliphatic carbocycles. The molecule has 4 nitrogen and oxygen atoms in total. The summed E-state index contributed by atoms with van der Waals surface area (Å²) in [5.41, 5.74) is 1.37. The van der Waals surface area contributed by atoms with Crippen molar-refractivity contribution in [2.24, 2.45) is 0 Å². The van der Waals surface area contributed by atoms with E-state index < -0.39 is 0 Å². The van der Waals surface area contributed by atoms with Crippen molar-refractivity contribution in [2.75, 3.05) is 29.9 Å². The molecule has 4 heteroatoms. The third-order valence-electron chi connectivity index (χ3n) is 3.50. The second-order valence-electron chi connectivity index (χ2n) is 4.93. The fraction of sp³-hybridized carbons (Fsp3) is 0.412. The smallest absolute Gasteiger partial charge is 0.224 e. The Hall–Kier alpha value is -2.10. The van der Waals surface area contributed by atoms with Crippen LogP contribution in [-0.2, 0) is 6.42 Å². The first-order valence-electron chi connectivity index (χ1n) is 7.69. The third kappa shape index (κ3) is 4.74. The van der Waals surface area contributed by atoms with E-state index in [-0.39, 0.29) is 0 Å². The maximum Gasteiger partial charge on any atom is 0.224 e. The van der Waals surface area contributed by atoms with E-state index in [9.17, 15) is 0 Å². The first-order chi connectivity index (χ1) is 10.3. The highest BCUT2D eigenvalue weighted by Gasteiger charge is 2.04. The standard InChI is InChI=1S/C17H24N4/c1-3-21(4-2)16-12-14-19-17(20-16)18-13-8-11-15-9-6-5-7-10-15/h5-7,9-10,12,14H,3-4,8,11,13H2,1-2H3,(H,18,19,20). The van der Waals surface area contributed by atoms with Crippen LogP contribution >= 0.6 is 0 Å². The van der Waals surface area contributed by atoms with Gasteiger partial charge in [-0.15, -0.1) is 0 Å². The van der Waals surface area contributed by atoms with E-state index in [0.717, 1.165) is 38.3 Å². The molecule has 112 valence electrons. The lowest BCUT2D eigenvalue weighted by molar-refractivity contribution is 0.830. The minimum atomic E-state index is 0.715. The summed E-state index contributed by atoms with van der Waals surface area (Å²) in [5.74, 6) is 1.70.